The van der Waals surface area contributed by atoms with Gasteiger partial charge in [0.2, 0.25) is 0 Å². The van der Waals surface area contributed by atoms with Gasteiger partial charge in [-0.05, 0) is 49.6 Å². The molecule has 0 heterocycles. The number of fused-ring (bicyclic) bond motifs is 1. The molecule has 0 bridgehead atoms. The van der Waals surface area contributed by atoms with E-state index in [1.807, 2.05) is 7.05 Å². The van der Waals surface area contributed by atoms with E-state index in [9.17, 15) is 0 Å². The molecule has 14 heavy (non-hydrogen) atoms. The zero-order valence-corrected chi connectivity index (χ0v) is 8.77. The number of aryl methyl sites for hydroxylation is 2. The van der Waals surface area contributed by atoms with E-state index in [4.69, 9.17) is 0 Å². The zero-order valence-electron chi connectivity index (χ0n) is 8.77. The van der Waals surface area contributed by atoms with Crippen molar-refractivity contribution in [2.24, 2.45) is 0 Å². The molecular formula is C12H18N2. The fourth-order valence-corrected chi connectivity index (χ4v) is 2.01. The number of hydrogen-bond acceptors (Lipinski definition) is 2. The standard InChI is InChI=1S/C12H18N2/c1-13-7-8-14-12-6-5-10-3-2-4-11(10)9-12/h5-6,9,13-14H,2-4,7-8H2,1H3. The van der Waals surface area contributed by atoms with Crippen molar-refractivity contribution in [3.8, 4) is 0 Å². The van der Waals surface area contributed by atoms with Crippen LogP contribution in [-0.4, -0.2) is 20.1 Å². The zero-order chi connectivity index (χ0) is 9.80. The molecule has 0 unspecified atom stereocenters. The summed E-state index contributed by atoms with van der Waals surface area (Å²) in [5, 5.41) is 6.54. The molecule has 0 saturated carbocycles. The van der Waals surface area contributed by atoms with E-state index in [1.54, 1.807) is 11.1 Å². The highest BCUT2D eigenvalue weighted by molar-refractivity contribution is 5.50. The van der Waals surface area contributed by atoms with Crippen LogP contribution in [0.5, 0.6) is 0 Å². The maximum absolute atomic E-state index is 3.41. The molecular weight excluding hydrogens is 172 g/mol. The molecule has 1 aliphatic carbocycles. The maximum atomic E-state index is 3.41. The van der Waals surface area contributed by atoms with E-state index in [-0.39, 0.29) is 0 Å². The van der Waals surface area contributed by atoms with Crippen LogP contribution in [0.25, 0.3) is 0 Å². The summed E-state index contributed by atoms with van der Waals surface area (Å²) >= 11 is 0. The van der Waals surface area contributed by atoms with Gasteiger partial charge in [0.05, 0.1) is 0 Å². The Morgan fingerprint density at radius 1 is 1.14 bits per heavy atom. The van der Waals surface area contributed by atoms with Gasteiger partial charge in [-0.15, -0.1) is 0 Å². The van der Waals surface area contributed by atoms with Gasteiger partial charge in [-0.25, -0.2) is 0 Å². The Hall–Kier alpha value is -1.02. The number of nitrogens with one attached hydrogen (secondary N) is 2. The Labute approximate surface area is 85.7 Å². The average Bonchev–Trinajstić information content (AvgIpc) is 2.65. The minimum Gasteiger partial charge on any atom is -0.384 e. The third-order valence-corrected chi connectivity index (χ3v) is 2.80. The summed E-state index contributed by atoms with van der Waals surface area (Å²) in [7, 11) is 1.98. The molecule has 0 aromatic heterocycles. The molecule has 2 nitrogen and oxygen atoms in total. The van der Waals surface area contributed by atoms with Crippen molar-refractivity contribution >= 4 is 5.69 Å². The van der Waals surface area contributed by atoms with E-state index in [2.05, 4.69) is 28.8 Å². The van der Waals surface area contributed by atoms with Crippen molar-refractivity contribution in [1.29, 1.82) is 0 Å². The number of anilines is 1. The molecule has 1 aromatic carbocycles. The second kappa shape index (κ2) is 4.47. The third kappa shape index (κ3) is 2.07. The van der Waals surface area contributed by atoms with E-state index >= 15 is 0 Å². The second-order valence-electron chi connectivity index (χ2n) is 3.87. The molecule has 0 fully saturated rings. The number of hydrogen-bond donors (Lipinski definition) is 2. The molecule has 0 amide bonds. The van der Waals surface area contributed by atoms with Crippen LogP contribution in [-0.2, 0) is 12.8 Å². The summed E-state index contributed by atoms with van der Waals surface area (Å²) in [6, 6.07) is 6.77. The van der Waals surface area contributed by atoms with E-state index in [0.717, 1.165) is 13.1 Å². The monoisotopic (exact) mass is 190 g/mol. The summed E-state index contributed by atoms with van der Waals surface area (Å²) in [6.07, 6.45) is 3.86. The second-order valence-corrected chi connectivity index (χ2v) is 3.87. The van der Waals surface area contributed by atoms with Gasteiger partial charge < -0.3 is 10.6 Å². The summed E-state index contributed by atoms with van der Waals surface area (Å²) < 4.78 is 0. The Bertz CT molecular complexity index is 307. The lowest BCUT2D eigenvalue weighted by molar-refractivity contribution is 0.824. The van der Waals surface area contributed by atoms with E-state index < -0.39 is 0 Å². The van der Waals surface area contributed by atoms with Gasteiger partial charge in [0.1, 0.15) is 0 Å². The summed E-state index contributed by atoms with van der Waals surface area (Å²) in [4.78, 5) is 0. The topological polar surface area (TPSA) is 24.1 Å². The van der Waals surface area contributed by atoms with Gasteiger partial charge in [0.25, 0.3) is 0 Å². The number of benzene rings is 1. The van der Waals surface area contributed by atoms with Crippen LogP contribution < -0.4 is 10.6 Å². The van der Waals surface area contributed by atoms with Crippen LogP contribution in [0.15, 0.2) is 18.2 Å². The Morgan fingerprint density at radius 2 is 2.00 bits per heavy atom. The number of rotatable bonds is 4. The third-order valence-electron chi connectivity index (χ3n) is 2.80. The van der Waals surface area contributed by atoms with Crippen LogP contribution in [0.2, 0.25) is 0 Å². The Morgan fingerprint density at radius 3 is 2.86 bits per heavy atom. The summed E-state index contributed by atoms with van der Waals surface area (Å²) in [5.74, 6) is 0. The molecule has 0 spiro atoms. The lowest BCUT2D eigenvalue weighted by Gasteiger charge is -2.07. The van der Waals surface area contributed by atoms with Crippen molar-refractivity contribution in [2.45, 2.75) is 19.3 Å². The van der Waals surface area contributed by atoms with Gasteiger partial charge >= 0.3 is 0 Å². The van der Waals surface area contributed by atoms with Crippen molar-refractivity contribution in [3.63, 3.8) is 0 Å². The molecule has 2 rings (SSSR count). The SMILES string of the molecule is CNCCNc1ccc2c(c1)CCC2. The van der Waals surface area contributed by atoms with Gasteiger partial charge in [-0.1, -0.05) is 6.07 Å². The molecule has 0 aliphatic heterocycles. The normalized spacial score (nSPS) is 14.1. The highest BCUT2D eigenvalue weighted by atomic mass is 14.9. The van der Waals surface area contributed by atoms with Gasteiger partial charge in [0.15, 0.2) is 0 Å². The van der Waals surface area contributed by atoms with Crippen molar-refractivity contribution < 1.29 is 0 Å². The highest BCUT2D eigenvalue weighted by Gasteiger charge is 2.10. The van der Waals surface area contributed by atoms with Crippen LogP contribution in [0.3, 0.4) is 0 Å². The first-order valence-electron chi connectivity index (χ1n) is 5.40. The first-order chi connectivity index (χ1) is 6.90. The fraction of sp³-hybridized carbons (Fsp3) is 0.500. The molecule has 1 aromatic rings. The van der Waals surface area contributed by atoms with Gasteiger partial charge in [0, 0.05) is 18.8 Å². The minimum absolute atomic E-state index is 0.995. The molecule has 1 aliphatic rings. The molecule has 0 saturated heterocycles. The average molecular weight is 190 g/mol. The van der Waals surface area contributed by atoms with E-state index in [0.29, 0.717) is 0 Å². The Balaban J connectivity index is 1.98. The van der Waals surface area contributed by atoms with Crippen LogP contribution in [0.4, 0.5) is 5.69 Å². The summed E-state index contributed by atoms with van der Waals surface area (Å²) in [5.41, 5.74) is 4.35. The van der Waals surface area contributed by atoms with Crippen molar-refractivity contribution in [1.82, 2.24) is 5.32 Å². The maximum Gasteiger partial charge on any atom is 0.0343 e. The molecule has 2 heteroatoms. The summed E-state index contributed by atoms with van der Waals surface area (Å²) in [6.45, 7) is 2.01. The lowest BCUT2D eigenvalue weighted by Crippen LogP contribution is -2.17. The van der Waals surface area contributed by atoms with Crippen LogP contribution in [0, 0.1) is 0 Å². The van der Waals surface area contributed by atoms with Gasteiger partial charge in [-0.2, -0.15) is 0 Å². The highest BCUT2D eigenvalue weighted by Crippen LogP contribution is 2.24. The largest absolute Gasteiger partial charge is 0.384 e. The Kier molecular flexibility index (Phi) is 3.04. The minimum atomic E-state index is 0.995. The van der Waals surface area contributed by atoms with Crippen LogP contribution in [0.1, 0.15) is 17.5 Å². The smallest absolute Gasteiger partial charge is 0.0343 e. The predicted molar refractivity (Wildman–Crippen MR) is 60.9 cm³/mol. The van der Waals surface area contributed by atoms with Gasteiger partial charge in [-0.3, -0.25) is 0 Å². The fourth-order valence-electron chi connectivity index (χ4n) is 2.01. The first-order valence-corrected chi connectivity index (χ1v) is 5.40. The molecule has 2 N–H and O–H groups in total. The van der Waals surface area contributed by atoms with Crippen molar-refractivity contribution in [2.75, 3.05) is 25.5 Å². The van der Waals surface area contributed by atoms with E-state index in [1.165, 1.54) is 24.9 Å². The quantitative estimate of drug-likeness (QED) is 0.708. The molecule has 0 atom stereocenters. The number of likely N-dealkylation sites (N-methyl/N-ethyl adjacent to an activating group) is 1. The predicted octanol–water partition coefficient (Wildman–Crippen LogP) is 1.81. The molecule has 0 radical (unpaired) electrons. The van der Waals surface area contributed by atoms with Crippen LogP contribution >= 0.6 is 0 Å². The van der Waals surface area contributed by atoms with Crippen molar-refractivity contribution in [3.05, 3.63) is 29.3 Å². The lowest BCUT2D eigenvalue weighted by atomic mass is 10.1. The first kappa shape index (κ1) is 9.53. The molecule has 76 valence electrons.